The number of carbonyl (C=O) groups excluding carboxylic acids is 4. The van der Waals surface area contributed by atoms with Crippen molar-refractivity contribution in [2.45, 2.75) is 64.3 Å². The van der Waals surface area contributed by atoms with Crippen LogP contribution in [0, 0.1) is 5.92 Å². The van der Waals surface area contributed by atoms with Crippen LogP contribution in [0.2, 0.25) is 0 Å². The third-order valence-electron chi connectivity index (χ3n) is 6.57. The summed E-state index contributed by atoms with van der Waals surface area (Å²) in [7, 11) is 0. The van der Waals surface area contributed by atoms with E-state index in [1.807, 2.05) is 19.1 Å². The molecule has 1 aliphatic carbocycles. The maximum absolute atomic E-state index is 12.9. The van der Waals surface area contributed by atoms with Gasteiger partial charge in [-0.2, -0.15) is 0 Å². The second-order valence-electron chi connectivity index (χ2n) is 8.45. The molecule has 1 aromatic carbocycles. The van der Waals surface area contributed by atoms with Crippen molar-refractivity contribution in [1.82, 2.24) is 10.2 Å². The number of nitrogens with one attached hydrogen (secondary N) is 1. The van der Waals surface area contributed by atoms with Crippen molar-refractivity contribution < 1.29 is 23.9 Å². The number of ketones is 1. The van der Waals surface area contributed by atoms with Gasteiger partial charge in [0, 0.05) is 5.56 Å². The van der Waals surface area contributed by atoms with Crippen molar-refractivity contribution in [2.24, 2.45) is 5.92 Å². The molecule has 1 saturated carbocycles. The molecule has 3 amide bonds. The van der Waals surface area contributed by atoms with Gasteiger partial charge in [0.25, 0.3) is 5.91 Å². The second-order valence-corrected chi connectivity index (χ2v) is 8.45. The van der Waals surface area contributed by atoms with Crippen LogP contribution in [-0.4, -0.2) is 47.3 Å². The first-order chi connectivity index (χ1) is 14.3. The summed E-state index contributed by atoms with van der Waals surface area (Å²) in [6.07, 6.45) is 4.32. The number of imide groups is 1. The number of amides is 3. The van der Waals surface area contributed by atoms with Crippen molar-refractivity contribution in [3.8, 4) is 0 Å². The number of urea groups is 1. The molecule has 1 N–H and O–H groups in total. The first-order valence-corrected chi connectivity index (χ1v) is 10.7. The molecule has 0 unspecified atom stereocenters. The van der Waals surface area contributed by atoms with E-state index in [9.17, 15) is 19.2 Å². The normalized spacial score (nSPS) is 24.6. The Kier molecular flexibility index (Phi) is 6.58. The second kappa shape index (κ2) is 8.98. The molecule has 3 atom stereocenters. The van der Waals surface area contributed by atoms with E-state index < -0.39 is 30.7 Å². The van der Waals surface area contributed by atoms with Crippen LogP contribution in [0.4, 0.5) is 4.79 Å². The summed E-state index contributed by atoms with van der Waals surface area (Å²) >= 11 is 0. The molecular formula is C23H30N2O5. The van der Waals surface area contributed by atoms with Gasteiger partial charge in [0.2, 0.25) is 0 Å². The Balaban J connectivity index is 1.55. The SMILES string of the molecule is CC[C@@H](C)c1ccc(C(=O)COC(=O)CN2C(=O)N[C@]3(CCCC[C@@H]3C)C2=O)cc1. The molecule has 7 heteroatoms. The quantitative estimate of drug-likeness (QED) is 0.419. The number of nitrogens with zero attached hydrogens (tertiary/aromatic N) is 1. The zero-order valence-electron chi connectivity index (χ0n) is 17.9. The van der Waals surface area contributed by atoms with Crippen LogP contribution in [0.5, 0.6) is 0 Å². The summed E-state index contributed by atoms with van der Waals surface area (Å²) in [6, 6.07) is 6.69. The van der Waals surface area contributed by atoms with Crippen LogP contribution in [0.3, 0.4) is 0 Å². The highest BCUT2D eigenvalue weighted by molar-refractivity contribution is 6.09. The minimum atomic E-state index is -0.914. The zero-order valence-corrected chi connectivity index (χ0v) is 17.9. The Morgan fingerprint density at radius 3 is 2.57 bits per heavy atom. The van der Waals surface area contributed by atoms with Crippen molar-refractivity contribution in [3.05, 3.63) is 35.4 Å². The van der Waals surface area contributed by atoms with Gasteiger partial charge in [-0.3, -0.25) is 19.3 Å². The number of ether oxygens (including phenoxy) is 1. The lowest BCUT2D eigenvalue weighted by Crippen LogP contribution is -2.54. The van der Waals surface area contributed by atoms with Crippen LogP contribution in [0.1, 0.15) is 74.7 Å². The van der Waals surface area contributed by atoms with Gasteiger partial charge in [-0.05, 0) is 36.7 Å². The average Bonchev–Trinajstić information content (AvgIpc) is 2.98. The summed E-state index contributed by atoms with van der Waals surface area (Å²) in [4.78, 5) is 50.6. The van der Waals surface area contributed by atoms with E-state index >= 15 is 0 Å². The molecule has 2 fully saturated rings. The van der Waals surface area contributed by atoms with Gasteiger partial charge in [-0.25, -0.2) is 4.79 Å². The van der Waals surface area contributed by atoms with Crippen LogP contribution in [0.15, 0.2) is 24.3 Å². The van der Waals surface area contributed by atoms with E-state index in [0.717, 1.165) is 36.1 Å². The third kappa shape index (κ3) is 4.25. The Morgan fingerprint density at radius 2 is 1.93 bits per heavy atom. The van der Waals surface area contributed by atoms with Gasteiger partial charge in [0.05, 0.1) is 0 Å². The van der Waals surface area contributed by atoms with Crippen LogP contribution in [-0.2, 0) is 14.3 Å². The highest BCUT2D eigenvalue weighted by Crippen LogP contribution is 2.38. The van der Waals surface area contributed by atoms with E-state index in [-0.39, 0.29) is 17.6 Å². The zero-order chi connectivity index (χ0) is 21.9. The van der Waals surface area contributed by atoms with E-state index in [2.05, 4.69) is 19.2 Å². The van der Waals surface area contributed by atoms with E-state index in [1.165, 1.54) is 0 Å². The Hall–Kier alpha value is -2.70. The Morgan fingerprint density at radius 1 is 1.23 bits per heavy atom. The molecule has 30 heavy (non-hydrogen) atoms. The average molecular weight is 415 g/mol. The molecule has 1 aromatic rings. The molecule has 1 aliphatic heterocycles. The topological polar surface area (TPSA) is 92.8 Å². The fourth-order valence-electron chi connectivity index (χ4n) is 4.28. The molecule has 3 rings (SSSR count). The number of hydrogen-bond acceptors (Lipinski definition) is 5. The van der Waals surface area contributed by atoms with E-state index in [0.29, 0.717) is 17.9 Å². The fraction of sp³-hybridized carbons (Fsp3) is 0.565. The lowest BCUT2D eigenvalue weighted by molar-refractivity contribution is -0.147. The molecule has 7 nitrogen and oxygen atoms in total. The monoisotopic (exact) mass is 414 g/mol. The minimum Gasteiger partial charge on any atom is -0.456 e. The summed E-state index contributed by atoms with van der Waals surface area (Å²) in [5, 5.41) is 2.80. The minimum absolute atomic E-state index is 0.0173. The van der Waals surface area contributed by atoms with Crippen LogP contribution >= 0.6 is 0 Å². The molecule has 0 bridgehead atoms. The number of benzene rings is 1. The standard InChI is InChI=1S/C23H30N2O5/c1-4-15(2)17-8-10-18(11-9-17)19(26)14-30-20(27)13-25-21(28)23(24-22(25)29)12-6-5-7-16(23)3/h8-11,15-16H,4-7,12-14H2,1-3H3,(H,24,29)/t15-,16+,23+/m1/s1. The molecule has 0 aromatic heterocycles. The van der Waals surface area contributed by atoms with Gasteiger partial charge in [-0.15, -0.1) is 0 Å². The predicted octanol–water partition coefficient (Wildman–Crippen LogP) is 3.43. The smallest absolute Gasteiger partial charge is 0.326 e. The maximum Gasteiger partial charge on any atom is 0.326 e. The molecule has 162 valence electrons. The third-order valence-corrected chi connectivity index (χ3v) is 6.57. The molecular weight excluding hydrogens is 384 g/mol. The van der Waals surface area contributed by atoms with E-state index in [4.69, 9.17) is 4.74 Å². The number of rotatable bonds is 7. The highest BCUT2D eigenvalue weighted by Gasteiger charge is 2.55. The van der Waals surface area contributed by atoms with Gasteiger partial charge >= 0.3 is 12.0 Å². The lowest BCUT2D eigenvalue weighted by Gasteiger charge is -2.36. The molecule has 1 spiro atoms. The summed E-state index contributed by atoms with van der Waals surface area (Å²) < 4.78 is 5.06. The number of hydrogen-bond donors (Lipinski definition) is 1. The predicted molar refractivity (Wildman–Crippen MR) is 111 cm³/mol. The number of Topliss-reactive ketones (excluding diaryl/α,β-unsaturated/α-hetero) is 1. The Bertz CT molecular complexity index is 835. The molecule has 1 saturated heterocycles. The fourth-order valence-corrected chi connectivity index (χ4v) is 4.28. The van der Waals surface area contributed by atoms with Gasteiger partial charge in [-0.1, -0.05) is 57.9 Å². The highest BCUT2D eigenvalue weighted by atomic mass is 16.5. The van der Waals surface area contributed by atoms with Gasteiger partial charge in [0.1, 0.15) is 12.1 Å². The lowest BCUT2D eigenvalue weighted by atomic mass is 9.73. The van der Waals surface area contributed by atoms with Crippen LogP contribution in [0.25, 0.3) is 0 Å². The van der Waals surface area contributed by atoms with Crippen LogP contribution < -0.4 is 5.32 Å². The first-order valence-electron chi connectivity index (χ1n) is 10.7. The molecule has 2 aliphatic rings. The largest absolute Gasteiger partial charge is 0.456 e. The Labute approximate surface area is 177 Å². The molecule has 0 radical (unpaired) electrons. The molecule has 1 heterocycles. The maximum atomic E-state index is 12.9. The van der Waals surface area contributed by atoms with Crippen molar-refractivity contribution in [1.29, 1.82) is 0 Å². The summed E-state index contributed by atoms with van der Waals surface area (Å²) in [5.74, 6) is -1.05. The van der Waals surface area contributed by atoms with Gasteiger partial charge < -0.3 is 10.1 Å². The number of carbonyl (C=O) groups is 4. The summed E-state index contributed by atoms with van der Waals surface area (Å²) in [5.41, 5.74) is 0.693. The van der Waals surface area contributed by atoms with Crippen molar-refractivity contribution >= 4 is 23.7 Å². The first kappa shape index (κ1) is 22.0. The van der Waals surface area contributed by atoms with Crippen molar-refractivity contribution in [3.63, 3.8) is 0 Å². The number of esters is 1. The van der Waals surface area contributed by atoms with E-state index in [1.54, 1.807) is 12.1 Å². The van der Waals surface area contributed by atoms with Crippen molar-refractivity contribution in [2.75, 3.05) is 13.2 Å². The summed E-state index contributed by atoms with van der Waals surface area (Å²) in [6.45, 7) is 5.26. The van der Waals surface area contributed by atoms with Gasteiger partial charge in [0.15, 0.2) is 12.4 Å².